The average molecular weight is 417 g/mol. The van der Waals surface area contributed by atoms with Crippen molar-refractivity contribution in [3.8, 4) is 11.1 Å². The Morgan fingerprint density at radius 3 is 2.71 bits per heavy atom. The Balaban J connectivity index is 1.60. The zero-order valence-electron chi connectivity index (χ0n) is 18.1. The first-order valence-electron chi connectivity index (χ1n) is 10.5. The molecule has 6 heteroatoms. The average Bonchev–Trinajstić information content (AvgIpc) is 2.80. The van der Waals surface area contributed by atoms with Gasteiger partial charge in [-0.2, -0.15) is 0 Å². The van der Waals surface area contributed by atoms with Crippen molar-refractivity contribution in [1.82, 2.24) is 19.8 Å². The number of carbonyl (C=O) groups is 1. The molecule has 31 heavy (non-hydrogen) atoms. The first-order valence-corrected chi connectivity index (χ1v) is 10.5. The number of carbonyl (C=O) groups excluding carboxylic acids is 1. The highest BCUT2D eigenvalue weighted by molar-refractivity contribution is 5.86. The number of ether oxygens (including phenoxy) is 1. The van der Waals surface area contributed by atoms with E-state index in [2.05, 4.69) is 33.1 Å². The van der Waals surface area contributed by atoms with Crippen LogP contribution >= 0.6 is 0 Å². The number of nitrogens with zero attached hydrogens (tertiary/aromatic N) is 4. The second-order valence-electron chi connectivity index (χ2n) is 8.19. The minimum Gasteiger partial charge on any atom is -0.362 e. The summed E-state index contributed by atoms with van der Waals surface area (Å²) >= 11 is 0. The van der Waals surface area contributed by atoms with E-state index < -0.39 is 5.60 Å². The van der Waals surface area contributed by atoms with Gasteiger partial charge in [-0.05, 0) is 34.9 Å². The summed E-state index contributed by atoms with van der Waals surface area (Å²) in [5.41, 5.74) is 3.27. The minimum atomic E-state index is -0.926. The minimum absolute atomic E-state index is 0.00926. The molecule has 6 nitrogen and oxygen atoms in total. The van der Waals surface area contributed by atoms with Crippen molar-refractivity contribution in [1.29, 1.82) is 0 Å². The Labute approximate surface area is 183 Å². The number of aromatic nitrogens is 2. The lowest BCUT2D eigenvalue weighted by atomic mass is 9.89. The van der Waals surface area contributed by atoms with Crippen LogP contribution in [-0.4, -0.2) is 65.1 Å². The van der Waals surface area contributed by atoms with Gasteiger partial charge in [0, 0.05) is 58.7 Å². The topological polar surface area (TPSA) is 58.6 Å². The standard InChI is InChI=1S/C25H28N4O2/c1-28(2)24(30)25(19-29(13-14-31-25)18-23-10-3-4-12-27-23)16-20-7-5-8-21(15-20)22-9-6-11-26-17-22/h3-12,15,17H,13-14,16,18-19H2,1-2H3/t25-/m1/s1. The number of amides is 1. The van der Waals surface area contributed by atoms with Crippen LogP contribution in [0.5, 0.6) is 0 Å². The molecular weight excluding hydrogens is 388 g/mol. The van der Waals surface area contributed by atoms with E-state index in [-0.39, 0.29) is 5.91 Å². The molecule has 1 fully saturated rings. The van der Waals surface area contributed by atoms with Gasteiger partial charge in [-0.25, -0.2) is 0 Å². The fourth-order valence-corrected chi connectivity index (χ4v) is 4.16. The molecule has 4 rings (SSSR count). The summed E-state index contributed by atoms with van der Waals surface area (Å²) in [5.74, 6) is -0.00926. The van der Waals surface area contributed by atoms with Crippen molar-refractivity contribution in [3.05, 3.63) is 84.4 Å². The zero-order valence-corrected chi connectivity index (χ0v) is 18.1. The van der Waals surface area contributed by atoms with E-state index in [4.69, 9.17) is 4.74 Å². The lowest BCUT2D eigenvalue weighted by Gasteiger charge is -2.42. The van der Waals surface area contributed by atoms with Gasteiger partial charge in [-0.1, -0.05) is 36.4 Å². The molecule has 0 N–H and O–H groups in total. The Kier molecular flexibility index (Phi) is 6.39. The van der Waals surface area contributed by atoms with Crippen molar-refractivity contribution < 1.29 is 9.53 Å². The van der Waals surface area contributed by atoms with Gasteiger partial charge in [0.1, 0.15) is 0 Å². The molecule has 160 valence electrons. The van der Waals surface area contributed by atoms with Gasteiger partial charge in [0.05, 0.1) is 12.3 Å². The molecule has 1 saturated heterocycles. The largest absolute Gasteiger partial charge is 0.362 e. The molecule has 1 aliphatic rings. The Morgan fingerprint density at radius 1 is 1.10 bits per heavy atom. The summed E-state index contributed by atoms with van der Waals surface area (Å²) in [5, 5.41) is 0. The smallest absolute Gasteiger partial charge is 0.255 e. The summed E-state index contributed by atoms with van der Waals surface area (Å²) < 4.78 is 6.24. The fraction of sp³-hybridized carbons (Fsp3) is 0.320. The summed E-state index contributed by atoms with van der Waals surface area (Å²) in [4.78, 5) is 25.9. The van der Waals surface area contributed by atoms with Crippen LogP contribution in [0.2, 0.25) is 0 Å². The lowest BCUT2D eigenvalue weighted by molar-refractivity contribution is -0.169. The van der Waals surface area contributed by atoms with E-state index in [0.717, 1.165) is 28.9 Å². The molecule has 1 amide bonds. The summed E-state index contributed by atoms with van der Waals surface area (Å²) in [7, 11) is 3.58. The van der Waals surface area contributed by atoms with Crippen LogP contribution in [0, 0.1) is 0 Å². The van der Waals surface area contributed by atoms with Gasteiger partial charge >= 0.3 is 0 Å². The van der Waals surface area contributed by atoms with E-state index in [9.17, 15) is 4.79 Å². The fourth-order valence-electron chi connectivity index (χ4n) is 4.16. The summed E-state index contributed by atoms with van der Waals surface area (Å²) in [6.07, 6.45) is 5.93. The van der Waals surface area contributed by atoms with Crippen molar-refractivity contribution >= 4 is 5.91 Å². The number of hydrogen-bond donors (Lipinski definition) is 0. The predicted molar refractivity (Wildman–Crippen MR) is 120 cm³/mol. The predicted octanol–water partition coefficient (Wildman–Crippen LogP) is 3.05. The number of likely N-dealkylation sites (N-methyl/N-ethyl adjacent to an activating group) is 1. The van der Waals surface area contributed by atoms with E-state index >= 15 is 0 Å². The lowest BCUT2D eigenvalue weighted by Crippen LogP contribution is -2.60. The van der Waals surface area contributed by atoms with Crippen molar-refractivity contribution in [2.75, 3.05) is 33.8 Å². The molecule has 1 aromatic carbocycles. The van der Waals surface area contributed by atoms with Gasteiger partial charge in [0.15, 0.2) is 5.60 Å². The number of hydrogen-bond acceptors (Lipinski definition) is 5. The highest BCUT2D eigenvalue weighted by Gasteiger charge is 2.44. The molecule has 0 radical (unpaired) electrons. The number of rotatable bonds is 6. The van der Waals surface area contributed by atoms with Crippen molar-refractivity contribution in [2.45, 2.75) is 18.6 Å². The Morgan fingerprint density at radius 2 is 1.97 bits per heavy atom. The second-order valence-corrected chi connectivity index (χ2v) is 8.19. The van der Waals surface area contributed by atoms with E-state index in [0.29, 0.717) is 26.1 Å². The van der Waals surface area contributed by atoms with E-state index in [1.807, 2.05) is 42.6 Å². The Bertz CT molecular complexity index is 1010. The summed E-state index contributed by atoms with van der Waals surface area (Å²) in [6.45, 7) is 2.50. The van der Waals surface area contributed by atoms with Crippen LogP contribution in [0.1, 0.15) is 11.3 Å². The quantitative estimate of drug-likeness (QED) is 0.618. The third kappa shape index (κ3) is 4.98. The molecule has 0 spiro atoms. The molecule has 3 aromatic rings. The molecule has 0 aliphatic carbocycles. The van der Waals surface area contributed by atoms with Crippen molar-refractivity contribution in [2.24, 2.45) is 0 Å². The summed E-state index contributed by atoms with van der Waals surface area (Å²) in [6, 6.07) is 18.2. The van der Waals surface area contributed by atoms with E-state index in [1.165, 1.54) is 0 Å². The van der Waals surface area contributed by atoms with Gasteiger partial charge < -0.3 is 9.64 Å². The molecule has 2 aromatic heterocycles. The maximum Gasteiger partial charge on any atom is 0.255 e. The van der Waals surface area contributed by atoms with Crippen LogP contribution in [-0.2, 0) is 22.5 Å². The first-order chi connectivity index (χ1) is 15.1. The van der Waals surface area contributed by atoms with Gasteiger partial charge in [-0.15, -0.1) is 0 Å². The SMILES string of the molecule is CN(C)C(=O)[C@@]1(Cc2cccc(-c3cccnc3)c2)CN(Cc2ccccn2)CCO1. The van der Waals surface area contributed by atoms with Gasteiger partial charge in [0.2, 0.25) is 0 Å². The maximum atomic E-state index is 13.3. The van der Waals surface area contributed by atoms with Crippen LogP contribution in [0.15, 0.2) is 73.2 Å². The molecule has 1 aliphatic heterocycles. The number of pyridine rings is 2. The number of morpholine rings is 1. The van der Waals surface area contributed by atoms with Crippen LogP contribution < -0.4 is 0 Å². The van der Waals surface area contributed by atoms with Gasteiger partial charge in [0.25, 0.3) is 5.91 Å². The van der Waals surface area contributed by atoms with Gasteiger partial charge in [-0.3, -0.25) is 19.7 Å². The van der Waals surface area contributed by atoms with Crippen molar-refractivity contribution in [3.63, 3.8) is 0 Å². The van der Waals surface area contributed by atoms with Crippen LogP contribution in [0.25, 0.3) is 11.1 Å². The second kappa shape index (κ2) is 9.37. The molecule has 0 unspecified atom stereocenters. The molecular formula is C25H28N4O2. The molecule has 3 heterocycles. The monoisotopic (exact) mass is 416 g/mol. The number of benzene rings is 1. The van der Waals surface area contributed by atoms with Crippen LogP contribution in [0.4, 0.5) is 0 Å². The third-order valence-electron chi connectivity index (χ3n) is 5.58. The molecule has 1 atom stereocenters. The highest BCUT2D eigenvalue weighted by atomic mass is 16.5. The van der Waals surface area contributed by atoms with E-state index in [1.54, 1.807) is 31.4 Å². The molecule has 0 bridgehead atoms. The maximum absolute atomic E-state index is 13.3. The highest BCUT2D eigenvalue weighted by Crippen LogP contribution is 2.28. The third-order valence-corrected chi connectivity index (χ3v) is 5.58. The zero-order chi connectivity index (χ0) is 21.7. The first kappa shape index (κ1) is 21.2. The molecule has 0 saturated carbocycles. The Hall–Kier alpha value is -3.09. The van der Waals surface area contributed by atoms with Crippen LogP contribution in [0.3, 0.4) is 0 Å². The normalized spacial score (nSPS) is 19.2.